The number of nitrogens with zero attached hydrogens (tertiary/aromatic N) is 2. The van der Waals surface area contributed by atoms with Crippen molar-refractivity contribution >= 4 is 5.82 Å². The summed E-state index contributed by atoms with van der Waals surface area (Å²) in [6.07, 6.45) is 2.65. The number of aromatic nitrogens is 1. The van der Waals surface area contributed by atoms with Crippen LogP contribution in [0.5, 0.6) is 0 Å². The van der Waals surface area contributed by atoms with Crippen molar-refractivity contribution in [3.05, 3.63) is 35.5 Å². The summed E-state index contributed by atoms with van der Waals surface area (Å²) in [7, 11) is 2.06. The molecule has 18 heavy (non-hydrogen) atoms. The van der Waals surface area contributed by atoms with Crippen molar-refractivity contribution in [3.63, 3.8) is 0 Å². The van der Waals surface area contributed by atoms with E-state index in [1.54, 1.807) is 0 Å². The molecule has 1 aliphatic carbocycles. The van der Waals surface area contributed by atoms with Crippen molar-refractivity contribution in [1.29, 1.82) is 0 Å². The highest BCUT2D eigenvalue weighted by atomic mass is 15.2. The topological polar surface area (TPSA) is 28.2 Å². The highest BCUT2D eigenvalue weighted by molar-refractivity contribution is 5.43. The predicted octanol–water partition coefficient (Wildman–Crippen LogP) is 2.65. The summed E-state index contributed by atoms with van der Waals surface area (Å²) in [6, 6.07) is 5.08. The normalized spacial score (nSPS) is 14.6. The molecule has 0 aliphatic heterocycles. The summed E-state index contributed by atoms with van der Waals surface area (Å²) in [5, 5.41) is 3.54. The lowest BCUT2D eigenvalue weighted by molar-refractivity contribution is 0.686. The molecule has 1 saturated carbocycles. The van der Waals surface area contributed by atoms with E-state index in [9.17, 15) is 0 Å². The molecule has 1 heterocycles. The number of aryl methyl sites for hydroxylation is 1. The summed E-state index contributed by atoms with van der Waals surface area (Å²) in [5.41, 5.74) is 3.55. The van der Waals surface area contributed by atoms with Gasteiger partial charge in [0.15, 0.2) is 0 Å². The number of hydrogen-bond acceptors (Lipinski definition) is 3. The van der Waals surface area contributed by atoms with Crippen LogP contribution in [0.25, 0.3) is 0 Å². The number of anilines is 1. The maximum Gasteiger partial charge on any atom is 0.129 e. The Kier molecular flexibility index (Phi) is 4.02. The molecule has 1 aliphatic rings. The van der Waals surface area contributed by atoms with E-state index in [1.165, 1.54) is 18.4 Å². The fourth-order valence-electron chi connectivity index (χ4n) is 2.05. The standard InChI is InChI=1S/C15H23N3/c1-11(2)10-18(4)15-8-13(7-12(3)17-15)9-16-14-5-6-14/h7-8,14,16H,1,5-6,9-10H2,2-4H3. The van der Waals surface area contributed by atoms with E-state index < -0.39 is 0 Å². The molecule has 0 bridgehead atoms. The Bertz CT molecular complexity index is 435. The first-order valence-corrected chi connectivity index (χ1v) is 6.61. The molecular weight excluding hydrogens is 222 g/mol. The monoisotopic (exact) mass is 245 g/mol. The fraction of sp³-hybridized carbons (Fsp3) is 0.533. The molecule has 0 atom stereocenters. The second-order valence-electron chi connectivity index (χ2n) is 5.44. The van der Waals surface area contributed by atoms with E-state index in [2.05, 4.69) is 47.9 Å². The largest absolute Gasteiger partial charge is 0.356 e. The van der Waals surface area contributed by atoms with Gasteiger partial charge in [0.05, 0.1) is 0 Å². The third-order valence-corrected chi connectivity index (χ3v) is 3.07. The second-order valence-corrected chi connectivity index (χ2v) is 5.44. The molecule has 1 aromatic rings. The maximum atomic E-state index is 4.59. The van der Waals surface area contributed by atoms with Crippen LogP contribution in [-0.2, 0) is 6.54 Å². The van der Waals surface area contributed by atoms with Gasteiger partial charge in [0.2, 0.25) is 0 Å². The van der Waals surface area contributed by atoms with Gasteiger partial charge < -0.3 is 10.2 Å². The lowest BCUT2D eigenvalue weighted by atomic mass is 10.2. The number of nitrogens with one attached hydrogen (secondary N) is 1. The van der Waals surface area contributed by atoms with Crippen molar-refractivity contribution in [2.45, 2.75) is 39.3 Å². The van der Waals surface area contributed by atoms with Gasteiger partial charge in [0.25, 0.3) is 0 Å². The van der Waals surface area contributed by atoms with Crippen molar-refractivity contribution in [1.82, 2.24) is 10.3 Å². The van der Waals surface area contributed by atoms with Gasteiger partial charge in [0, 0.05) is 31.9 Å². The zero-order valence-corrected chi connectivity index (χ0v) is 11.7. The van der Waals surface area contributed by atoms with Crippen molar-refractivity contribution in [2.24, 2.45) is 0 Å². The van der Waals surface area contributed by atoms with Crippen LogP contribution in [0.3, 0.4) is 0 Å². The minimum atomic E-state index is 0.745. The molecule has 98 valence electrons. The van der Waals surface area contributed by atoms with Crippen LogP contribution < -0.4 is 10.2 Å². The Morgan fingerprint density at radius 1 is 1.50 bits per heavy atom. The average molecular weight is 245 g/mol. The van der Waals surface area contributed by atoms with Gasteiger partial charge in [0.1, 0.15) is 5.82 Å². The van der Waals surface area contributed by atoms with Crippen LogP contribution in [0.2, 0.25) is 0 Å². The highest BCUT2D eigenvalue weighted by Gasteiger charge is 2.20. The Morgan fingerprint density at radius 2 is 2.22 bits per heavy atom. The van der Waals surface area contributed by atoms with Crippen LogP contribution in [0.1, 0.15) is 31.0 Å². The Hall–Kier alpha value is -1.35. The van der Waals surface area contributed by atoms with Crippen LogP contribution in [0, 0.1) is 6.92 Å². The number of pyridine rings is 1. The third-order valence-electron chi connectivity index (χ3n) is 3.07. The molecule has 1 fully saturated rings. The molecule has 3 heteroatoms. The van der Waals surface area contributed by atoms with Gasteiger partial charge in [-0.3, -0.25) is 0 Å². The smallest absolute Gasteiger partial charge is 0.129 e. The molecule has 0 radical (unpaired) electrons. The minimum Gasteiger partial charge on any atom is -0.356 e. The molecule has 3 nitrogen and oxygen atoms in total. The molecule has 1 N–H and O–H groups in total. The highest BCUT2D eigenvalue weighted by Crippen LogP contribution is 2.20. The number of rotatable bonds is 6. The van der Waals surface area contributed by atoms with Crippen molar-refractivity contribution in [3.8, 4) is 0 Å². The van der Waals surface area contributed by atoms with Crippen molar-refractivity contribution < 1.29 is 0 Å². The molecule has 0 amide bonds. The second kappa shape index (κ2) is 5.53. The lowest BCUT2D eigenvalue weighted by Gasteiger charge is -2.19. The van der Waals surface area contributed by atoms with E-state index in [4.69, 9.17) is 0 Å². The van der Waals surface area contributed by atoms with Gasteiger partial charge in [-0.25, -0.2) is 4.98 Å². The Labute approximate surface area is 110 Å². The summed E-state index contributed by atoms with van der Waals surface area (Å²) in [4.78, 5) is 6.74. The Morgan fingerprint density at radius 3 is 2.83 bits per heavy atom. The SMILES string of the molecule is C=C(C)CN(C)c1cc(CNC2CC2)cc(C)n1. The van der Waals surface area contributed by atoms with E-state index in [1.807, 2.05) is 6.92 Å². The minimum absolute atomic E-state index is 0.745. The van der Waals surface area contributed by atoms with E-state index in [-0.39, 0.29) is 0 Å². The van der Waals surface area contributed by atoms with Gasteiger partial charge >= 0.3 is 0 Å². The van der Waals surface area contributed by atoms with Crippen LogP contribution >= 0.6 is 0 Å². The molecule has 2 rings (SSSR count). The summed E-state index contributed by atoms with van der Waals surface area (Å²) in [5.74, 6) is 1.03. The number of likely N-dealkylation sites (N-methyl/N-ethyl adjacent to an activating group) is 1. The lowest BCUT2D eigenvalue weighted by Crippen LogP contribution is -2.21. The summed E-state index contributed by atoms with van der Waals surface area (Å²) < 4.78 is 0. The van der Waals surface area contributed by atoms with Crippen molar-refractivity contribution in [2.75, 3.05) is 18.5 Å². The van der Waals surface area contributed by atoms with E-state index >= 15 is 0 Å². The van der Waals surface area contributed by atoms with Crippen LogP contribution in [0.15, 0.2) is 24.3 Å². The first kappa shape index (κ1) is 13.1. The molecule has 1 aromatic heterocycles. The summed E-state index contributed by atoms with van der Waals surface area (Å²) in [6.45, 7) is 9.85. The van der Waals surface area contributed by atoms with Gasteiger partial charge in [-0.1, -0.05) is 12.2 Å². The van der Waals surface area contributed by atoms with Crippen LogP contribution in [-0.4, -0.2) is 24.6 Å². The number of hydrogen-bond donors (Lipinski definition) is 1. The quantitative estimate of drug-likeness (QED) is 0.781. The first-order chi connectivity index (χ1) is 8.54. The van der Waals surface area contributed by atoms with Gasteiger partial charge in [-0.05, 0) is 44.4 Å². The van der Waals surface area contributed by atoms with E-state index in [0.717, 1.165) is 36.2 Å². The maximum absolute atomic E-state index is 4.59. The third kappa shape index (κ3) is 3.84. The zero-order chi connectivity index (χ0) is 13.1. The molecular formula is C15H23N3. The Balaban J connectivity index is 2.06. The predicted molar refractivity (Wildman–Crippen MR) is 76.9 cm³/mol. The first-order valence-electron chi connectivity index (χ1n) is 6.61. The zero-order valence-electron chi connectivity index (χ0n) is 11.7. The van der Waals surface area contributed by atoms with Crippen LogP contribution in [0.4, 0.5) is 5.82 Å². The molecule has 0 saturated heterocycles. The van der Waals surface area contributed by atoms with Gasteiger partial charge in [-0.2, -0.15) is 0 Å². The molecule has 0 spiro atoms. The molecule has 0 aromatic carbocycles. The molecule has 0 unspecified atom stereocenters. The average Bonchev–Trinajstić information content (AvgIpc) is 3.08. The van der Waals surface area contributed by atoms with Gasteiger partial charge in [-0.15, -0.1) is 0 Å². The fourth-order valence-corrected chi connectivity index (χ4v) is 2.05. The summed E-state index contributed by atoms with van der Waals surface area (Å²) >= 11 is 0. The van der Waals surface area contributed by atoms with E-state index in [0.29, 0.717) is 0 Å².